The van der Waals surface area contributed by atoms with E-state index >= 15 is 0 Å². The number of H-pyrrole nitrogens is 1. The second-order valence-corrected chi connectivity index (χ2v) is 9.06. The molecule has 2 N–H and O–H groups in total. The quantitative estimate of drug-likeness (QED) is 0.643. The van der Waals surface area contributed by atoms with Gasteiger partial charge in [0.15, 0.2) is 0 Å². The van der Waals surface area contributed by atoms with E-state index < -0.39 is 0 Å². The van der Waals surface area contributed by atoms with Crippen LogP contribution in [0.25, 0.3) is 10.9 Å². The van der Waals surface area contributed by atoms with Gasteiger partial charge in [-0.1, -0.05) is 19.1 Å². The molecule has 2 heterocycles. The van der Waals surface area contributed by atoms with Gasteiger partial charge in [-0.2, -0.15) is 0 Å². The maximum Gasteiger partial charge on any atom is 0.317 e. The van der Waals surface area contributed by atoms with E-state index in [2.05, 4.69) is 40.3 Å². The number of piperidine rings is 1. The molecule has 7 heteroatoms. The molecule has 0 spiro atoms. The van der Waals surface area contributed by atoms with Crippen LogP contribution in [0.3, 0.4) is 0 Å². The lowest BCUT2D eigenvalue weighted by atomic mass is 9.73. The first-order chi connectivity index (χ1) is 15.5. The third-order valence-electron chi connectivity index (χ3n) is 7.10. The fraction of sp³-hybridized carbons (Fsp3) is 0.600. The van der Waals surface area contributed by atoms with E-state index in [1.54, 1.807) is 0 Å². The lowest BCUT2D eigenvalue weighted by Gasteiger charge is -2.47. The number of ether oxygens (including phenoxy) is 1. The van der Waals surface area contributed by atoms with Gasteiger partial charge in [-0.15, -0.1) is 0 Å². The highest BCUT2D eigenvalue weighted by atomic mass is 16.5. The topological polar surface area (TPSA) is 77.7 Å². The summed E-state index contributed by atoms with van der Waals surface area (Å²) in [7, 11) is 0. The van der Waals surface area contributed by atoms with Gasteiger partial charge in [0.25, 0.3) is 0 Å². The van der Waals surface area contributed by atoms with Crippen LogP contribution in [0, 0.1) is 0 Å². The van der Waals surface area contributed by atoms with Crippen molar-refractivity contribution in [1.82, 2.24) is 20.1 Å². The van der Waals surface area contributed by atoms with E-state index in [9.17, 15) is 9.59 Å². The molecule has 2 aromatic rings. The number of benzene rings is 1. The lowest BCUT2D eigenvalue weighted by Crippen LogP contribution is -2.58. The van der Waals surface area contributed by atoms with Crippen molar-refractivity contribution in [1.29, 1.82) is 0 Å². The first kappa shape index (κ1) is 22.6. The Hall–Kier alpha value is -2.54. The first-order valence-corrected chi connectivity index (χ1v) is 12.0. The highest BCUT2D eigenvalue weighted by molar-refractivity contribution is 5.90. The third-order valence-corrected chi connectivity index (χ3v) is 7.10. The zero-order chi connectivity index (χ0) is 22.8. The summed E-state index contributed by atoms with van der Waals surface area (Å²) in [5.74, 6) is 0.104. The molecule has 32 heavy (non-hydrogen) atoms. The van der Waals surface area contributed by atoms with Gasteiger partial charge in [0.05, 0.1) is 5.69 Å². The van der Waals surface area contributed by atoms with Crippen molar-refractivity contribution in [3.8, 4) is 0 Å². The van der Waals surface area contributed by atoms with Crippen molar-refractivity contribution < 1.29 is 14.3 Å². The average molecular weight is 441 g/mol. The number of carbonyl (C=O) groups is 2. The summed E-state index contributed by atoms with van der Waals surface area (Å²) in [4.78, 5) is 32.1. The number of hydrogen-bond donors (Lipinski definition) is 2. The van der Waals surface area contributed by atoms with E-state index in [4.69, 9.17) is 4.74 Å². The van der Waals surface area contributed by atoms with Crippen molar-refractivity contribution >= 4 is 22.9 Å². The number of nitrogens with one attached hydrogen (secondary N) is 2. The molecule has 0 bridgehead atoms. The number of urea groups is 1. The number of carbonyl (C=O) groups excluding carboxylic acids is 2. The summed E-state index contributed by atoms with van der Waals surface area (Å²) in [5, 5.41) is 4.60. The van der Waals surface area contributed by atoms with Crippen LogP contribution in [-0.2, 0) is 22.6 Å². The van der Waals surface area contributed by atoms with Gasteiger partial charge < -0.3 is 19.9 Å². The summed E-state index contributed by atoms with van der Waals surface area (Å²) < 4.78 is 5.34. The smallest absolute Gasteiger partial charge is 0.317 e. The van der Waals surface area contributed by atoms with Crippen molar-refractivity contribution in [2.75, 3.05) is 26.2 Å². The normalized spacial score (nSPS) is 22.4. The maximum absolute atomic E-state index is 12.8. The zero-order valence-electron chi connectivity index (χ0n) is 19.7. The van der Waals surface area contributed by atoms with Gasteiger partial charge >= 0.3 is 12.0 Å². The monoisotopic (exact) mass is 440 g/mol. The van der Waals surface area contributed by atoms with Crippen LogP contribution in [0.4, 0.5) is 4.79 Å². The van der Waals surface area contributed by atoms with Crippen molar-refractivity contribution in [3.63, 3.8) is 0 Å². The van der Waals surface area contributed by atoms with Crippen LogP contribution in [0.1, 0.15) is 63.3 Å². The van der Waals surface area contributed by atoms with Crippen LogP contribution >= 0.6 is 0 Å². The van der Waals surface area contributed by atoms with E-state index in [0.29, 0.717) is 12.0 Å². The molecule has 1 saturated heterocycles. The maximum atomic E-state index is 12.8. The predicted molar refractivity (Wildman–Crippen MR) is 126 cm³/mol. The Morgan fingerprint density at radius 2 is 2.03 bits per heavy atom. The minimum atomic E-state index is -0.262. The molecule has 1 aliphatic heterocycles. The summed E-state index contributed by atoms with van der Waals surface area (Å²) >= 11 is 0. The zero-order valence-corrected chi connectivity index (χ0v) is 19.7. The number of rotatable bonds is 7. The minimum absolute atomic E-state index is 0.0370. The number of fused-ring (bicyclic) bond motifs is 2. The van der Waals surface area contributed by atoms with Crippen LogP contribution in [0.15, 0.2) is 18.2 Å². The number of amides is 2. The fourth-order valence-corrected chi connectivity index (χ4v) is 5.68. The molecule has 7 nitrogen and oxygen atoms in total. The summed E-state index contributed by atoms with van der Waals surface area (Å²) in [5.41, 5.74) is 4.75. The number of aromatic amines is 1. The Labute approximate surface area is 190 Å². The second kappa shape index (κ2) is 9.53. The SMILES string of the molecule is CCCN1C[C@@H](NC(=O)N(CC)CC)C[C@@H]2c3cccc4[nH]c(COC(C)=O)c(c34)C[C@H]21. The molecule has 1 aromatic carbocycles. The van der Waals surface area contributed by atoms with Gasteiger partial charge in [0.1, 0.15) is 6.61 Å². The first-order valence-electron chi connectivity index (χ1n) is 12.0. The Morgan fingerprint density at radius 3 is 2.72 bits per heavy atom. The Bertz CT molecular complexity index is 981. The Kier molecular flexibility index (Phi) is 6.74. The molecule has 4 rings (SSSR count). The number of hydrogen-bond acceptors (Lipinski definition) is 4. The Morgan fingerprint density at radius 1 is 1.25 bits per heavy atom. The summed E-state index contributed by atoms with van der Waals surface area (Å²) in [6.07, 6.45) is 2.96. The van der Waals surface area contributed by atoms with Crippen LogP contribution < -0.4 is 5.32 Å². The highest BCUT2D eigenvalue weighted by Gasteiger charge is 2.41. The molecule has 0 unspecified atom stereocenters. The van der Waals surface area contributed by atoms with E-state index in [1.807, 2.05) is 18.7 Å². The van der Waals surface area contributed by atoms with Crippen molar-refractivity contribution in [2.24, 2.45) is 0 Å². The number of nitrogens with zero attached hydrogens (tertiary/aromatic N) is 2. The average Bonchev–Trinajstić information content (AvgIpc) is 3.13. The number of likely N-dealkylation sites (tertiary alicyclic amines) is 1. The molecule has 3 atom stereocenters. The molecule has 0 saturated carbocycles. The van der Waals surface area contributed by atoms with Crippen molar-refractivity contribution in [2.45, 2.75) is 71.6 Å². The molecule has 2 amide bonds. The predicted octanol–water partition coefficient (Wildman–Crippen LogP) is 3.78. The fourth-order valence-electron chi connectivity index (χ4n) is 5.68. The molecule has 1 fully saturated rings. The van der Waals surface area contributed by atoms with Crippen LogP contribution in [0.2, 0.25) is 0 Å². The lowest BCUT2D eigenvalue weighted by molar-refractivity contribution is -0.142. The van der Waals surface area contributed by atoms with Gasteiger partial charge in [0.2, 0.25) is 0 Å². The molecule has 174 valence electrons. The van der Waals surface area contributed by atoms with E-state index in [-0.39, 0.29) is 24.6 Å². The molecule has 2 aliphatic rings. The van der Waals surface area contributed by atoms with Gasteiger partial charge in [-0.25, -0.2) is 4.79 Å². The van der Waals surface area contributed by atoms with Crippen LogP contribution in [-0.4, -0.2) is 65.0 Å². The largest absolute Gasteiger partial charge is 0.459 e. The standard InChI is InChI=1S/C25H36N4O3/c1-5-11-29-14-17(26-25(31)28(6-2)7-3)12-19-18-9-8-10-21-24(18)20(13-23(19)29)22(27-21)15-32-16(4)30/h8-10,17,19,23,27H,5-7,11-15H2,1-4H3,(H,26,31)/t17-,19+,23+/m0/s1. The number of aromatic nitrogens is 1. The second-order valence-electron chi connectivity index (χ2n) is 9.06. The molecule has 1 aromatic heterocycles. The van der Waals surface area contributed by atoms with Gasteiger partial charge in [0, 0.05) is 55.5 Å². The van der Waals surface area contributed by atoms with E-state index in [1.165, 1.54) is 23.4 Å². The van der Waals surface area contributed by atoms with Gasteiger partial charge in [-0.05, 0) is 56.8 Å². The molecule has 0 radical (unpaired) electrons. The summed E-state index contributed by atoms with van der Waals surface area (Å²) in [6, 6.07) is 7.01. The highest BCUT2D eigenvalue weighted by Crippen LogP contribution is 2.44. The third kappa shape index (κ3) is 4.22. The van der Waals surface area contributed by atoms with E-state index in [0.717, 1.165) is 56.7 Å². The molecular formula is C25H36N4O3. The Balaban J connectivity index is 1.66. The van der Waals surface area contributed by atoms with Crippen LogP contribution in [0.5, 0.6) is 0 Å². The van der Waals surface area contributed by atoms with Gasteiger partial charge in [-0.3, -0.25) is 9.69 Å². The number of esters is 1. The molecule has 1 aliphatic carbocycles. The minimum Gasteiger partial charge on any atom is -0.459 e. The molecular weight excluding hydrogens is 404 g/mol. The summed E-state index contributed by atoms with van der Waals surface area (Å²) in [6.45, 7) is 11.3. The van der Waals surface area contributed by atoms with Crippen molar-refractivity contribution in [3.05, 3.63) is 35.0 Å².